The topological polar surface area (TPSA) is 49.4 Å². The van der Waals surface area contributed by atoms with E-state index in [2.05, 4.69) is 58.1 Å². The number of rotatable bonds is 4. The average Bonchev–Trinajstić information content (AvgIpc) is 3.03. The molecule has 136 valence electrons. The number of thioether (sulfide) groups is 1. The first-order valence-corrected chi connectivity index (χ1v) is 10.1. The molecule has 1 N–H and O–H groups in total. The second kappa shape index (κ2) is 6.67. The Kier molecular flexibility index (Phi) is 4.89. The van der Waals surface area contributed by atoms with Crippen molar-refractivity contribution in [2.75, 3.05) is 11.1 Å². The van der Waals surface area contributed by atoms with Gasteiger partial charge in [-0.1, -0.05) is 45.9 Å². The van der Waals surface area contributed by atoms with Crippen molar-refractivity contribution in [3.8, 4) is 0 Å². The Morgan fingerprint density at radius 2 is 1.84 bits per heavy atom. The zero-order valence-corrected chi connectivity index (χ0v) is 16.6. The number of anilines is 1. The Bertz CT molecular complexity index is 675. The predicted octanol–water partition coefficient (Wildman–Crippen LogP) is 4.33. The zero-order valence-electron chi connectivity index (χ0n) is 15.8. The van der Waals surface area contributed by atoms with Crippen LogP contribution in [0.5, 0.6) is 0 Å². The molecular weight excluding hydrogens is 332 g/mol. The molecule has 4 nitrogen and oxygen atoms in total. The minimum Gasteiger partial charge on any atom is -0.324 e. The maximum Gasteiger partial charge on any atom is 0.248 e. The highest BCUT2D eigenvalue weighted by atomic mass is 32.2. The number of benzene rings is 1. The molecule has 2 fully saturated rings. The van der Waals surface area contributed by atoms with Crippen LogP contribution in [-0.4, -0.2) is 33.4 Å². The third kappa shape index (κ3) is 3.19. The van der Waals surface area contributed by atoms with Gasteiger partial charge in [-0.25, -0.2) is 0 Å². The summed E-state index contributed by atoms with van der Waals surface area (Å²) in [7, 11) is 0. The van der Waals surface area contributed by atoms with E-state index in [9.17, 15) is 9.59 Å². The molecule has 1 aromatic rings. The maximum atomic E-state index is 13.1. The van der Waals surface area contributed by atoms with Crippen LogP contribution in [0.3, 0.4) is 0 Å². The fourth-order valence-electron chi connectivity index (χ4n) is 3.92. The van der Waals surface area contributed by atoms with E-state index in [1.165, 1.54) is 0 Å². The van der Waals surface area contributed by atoms with Crippen molar-refractivity contribution in [2.24, 2.45) is 0 Å². The first kappa shape index (κ1) is 18.3. The fourth-order valence-corrected chi connectivity index (χ4v) is 5.35. The Hall–Kier alpha value is -1.49. The van der Waals surface area contributed by atoms with Crippen molar-refractivity contribution in [3.63, 3.8) is 0 Å². The maximum absolute atomic E-state index is 13.1. The third-order valence-electron chi connectivity index (χ3n) is 5.37. The number of hydrogen-bond acceptors (Lipinski definition) is 3. The van der Waals surface area contributed by atoms with Crippen LogP contribution < -0.4 is 5.32 Å². The van der Waals surface area contributed by atoms with Crippen LogP contribution in [-0.2, 0) is 9.59 Å². The van der Waals surface area contributed by atoms with Crippen molar-refractivity contribution < 1.29 is 9.59 Å². The number of para-hydroxylation sites is 1. The van der Waals surface area contributed by atoms with Crippen LogP contribution in [0, 0.1) is 0 Å². The summed E-state index contributed by atoms with van der Waals surface area (Å²) >= 11 is 1.73. The number of nitrogens with zero attached hydrogens (tertiary/aromatic N) is 1. The smallest absolute Gasteiger partial charge is 0.248 e. The Morgan fingerprint density at radius 3 is 2.40 bits per heavy atom. The van der Waals surface area contributed by atoms with Gasteiger partial charge < -0.3 is 10.2 Å². The van der Waals surface area contributed by atoms with Crippen molar-refractivity contribution in [2.45, 2.75) is 70.2 Å². The van der Waals surface area contributed by atoms with Gasteiger partial charge in [-0.2, -0.15) is 0 Å². The van der Waals surface area contributed by atoms with Crippen molar-refractivity contribution in [3.05, 3.63) is 29.3 Å². The quantitative estimate of drug-likeness (QED) is 0.869. The zero-order chi connectivity index (χ0) is 18.4. The van der Waals surface area contributed by atoms with Crippen LogP contribution in [0.4, 0.5) is 5.69 Å². The first-order valence-electron chi connectivity index (χ1n) is 9.14. The molecule has 0 bridgehead atoms. The second-order valence-corrected chi connectivity index (χ2v) is 9.38. The lowest BCUT2D eigenvalue weighted by molar-refractivity contribution is -0.135. The SMILES string of the molecule is CC(C)c1cccc(C(C)C)c1NC(=O)[C@H]1CS[C@]2(C)CCC(=O)N12. The van der Waals surface area contributed by atoms with Gasteiger partial charge in [0.2, 0.25) is 11.8 Å². The third-order valence-corrected chi connectivity index (χ3v) is 6.87. The van der Waals surface area contributed by atoms with E-state index in [1.807, 2.05) is 4.90 Å². The summed E-state index contributed by atoms with van der Waals surface area (Å²) in [5.41, 5.74) is 3.24. The summed E-state index contributed by atoms with van der Waals surface area (Å²) in [5.74, 6) is 1.38. The molecule has 5 heteroatoms. The number of fused-ring (bicyclic) bond motifs is 1. The van der Waals surface area contributed by atoms with Crippen LogP contribution in [0.1, 0.15) is 70.4 Å². The van der Waals surface area contributed by atoms with Crippen LogP contribution in [0.25, 0.3) is 0 Å². The van der Waals surface area contributed by atoms with E-state index in [4.69, 9.17) is 0 Å². The van der Waals surface area contributed by atoms with Gasteiger partial charge in [-0.05, 0) is 36.3 Å². The molecule has 1 aromatic carbocycles. The van der Waals surface area contributed by atoms with E-state index in [0.717, 1.165) is 23.2 Å². The lowest BCUT2D eigenvalue weighted by atomic mass is 9.92. The van der Waals surface area contributed by atoms with Crippen molar-refractivity contribution >= 4 is 29.3 Å². The molecule has 2 atom stereocenters. The van der Waals surface area contributed by atoms with Crippen molar-refractivity contribution in [1.29, 1.82) is 0 Å². The number of carbonyl (C=O) groups excluding carboxylic acids is 2. The van der Waals surface area contributed by atoms with Gasteiger partial charge in [0.15, 0.2) is 0 Å². The van der Waals surface area contributed by atoms with E-state index in [0.29, 0.717) is 24.0 Å². The largest absolute Gasteiger partial charge is 0.324 e. The molecule has 0 spiro atoms. The van der Waals surface area contributed by atoms with Gasteiger partial charge in [0.1, 0.15) is 6.04 Å². The van der Waals surface area contributed by atoms with Gasteiger partial charge in [0.25, 0.3) is 0 Å². The first-order chi connectivity index (χ1) is 11.7. The summed E-state index contributed by atoms with van der Waals surface area (Å²) in [5, 5.41) is 3.19. The molecule has 0 unspecified atom stereocenters. The molecule has 2 saturated heterocycles. The molecule has 0 aromatic heterocycles. The molecule has 3 rings (SSSR count). The average molecular weight is 361 g/mol. The van der Waals surface area contributed by atoms with Gasteiger partial charge in [0, 0.05) is 17.9 Å². The lowest BCUT2D eigenvalue weighted by Gasteiger charge is -2.30. The predicted molar refractivity (Wildman–Crippen MR) is 104 cm³/mol. The van der Waals surface area contributed by atoms with E-state index in [-0.39, 0.29) is 22.7 Å². The molecule has 0 aliphatic carbocycles. The highest BCUT2D eigenvalue weighted by molar-refractivity contribution is 8.01. The summed E-state index contributed by atoms with van der Waals surface area (Å²) < 4.78 is 0. The lowest BCUT2D eigenvalue weighted by Crippen LogP contribution is -2.48. The second-order valence-electron chi connectivity index (χ2n) is 7.88. The number of amides is 2. The van der Waals surface area contributed by atoms with E-state index < -0.39 is 0 Å². The highest BCUT2D eigenvalue weighted by Gasteiger charge is 2.52. The molecular formula is C20H28N2O2S. The molecule has 2 heterocycles. The highest BCUT2D eigenvalue weighted by Crippen LogP contribution is 2.47. The van der Waals surface area contributed by atoms with E-state index in [1.54, 1.807) is 11.8 Å². The Morgan fingerprint density at radius 1 is 1.24 bits per heavy atom. The molecule has 2 aliphatic heterocycles. The van der Waals surface area contributed by atoms with Gasteiger partial charge in [-0.3, -0.25) is 9.59 Å². The van der Waals surface area contributed by atoms with Gasteiger partial charge in [-0.15, -0.1) is 11.8 Å². The van der Waals surface area contributed by atoms with Gasteiger partial charge >= 0.3 is 0 Å². The Balaban J connectivity index is 1.90. The number of carbonyl (C=O) groups is 2. The molecule has 2 amide bonds. The fraction of sp³-hybridized carbons (Fsp3) is 0.600. The summed E-state index contributed by atoms with van der Waals surface area (Å²) in [4.78, 5) is 27.0. The monoisotopic (exact) mass is 360 g/mol. The number of nitrogens with one attached hydrogen (secondary N) is 1. The minimum absolute atomic E-state index is 0.0542. The molecule has 25 heavy (non-hydrogen) atoms. The minimum atomic E-state index is -0.370. The van der Waals surface area contributed by atoms with Crippen LogP contribution in [0.2, 0.25) is 0 Å². The van der Waals surface area contributed by atoms with Gasteiger partial charge in [0.05, 0.1) is 4.87 Å². The van der Waals surface area contributed by atoms with Crippen LogP contribution in [0.15, 0.2) is 18.2 Å². The van der Waals surface area contributed by atoms with E-state index >= 15 is 0 Å². The molecule has 2 aliphatic rings. The molecule has 0 saturated carbocycles. The molecule has 0 radical (unpaired) electrons. The number of hydrogen-bond donors (Lipinski definition) is 1. The standard InChI is InChI=1S/C20H28N2O2S/c1-12(2)14-7-6-8-15(13(3)4)18(14)21-19(24)16-11-25-20(5)10-9-17(23)22(16)20/h6-8,12-13,16H,9-11H2,1-5H3,(H,21,24)/t16-,20-/m1/s1. The Labute approximate surface area is 154 Å². The normalized spacial score (nSPS) is 25.8. The summed E-state index contributed by atoms with van der Waals surface area (Å²) in [6.07, 6.45) is 1.38. The summed E-state index contributed by atoms with van der Waals surface area (Å²) in [6, 6.07) is 5.86. The summed E-state index contributed by atoms with van der Waals surface area (Å²) in [6.45, 7) is 10.6. The van der Waals surface area contributed by atoms with Crippen molar-refractivity contribution in [1.82, 2.24) is 4.90 Å². The van der Waals surface area contributed by atoms with Crippen LogP contribution >= 0.6 is 11.8 Å².